The van der Waals surface area contributed by atoms with E-state index >= 15 is 0 Å². The van der Waals surface area contributed by atoms with Gasteiger partial charge in [0.05, 0.1) is 6.54 Å². The molecule has 3 nitrogen and oxygen atoms in total. The minimum Gasteiger partial charge on any atom is -0.339 e. The molecule has 0 radical (unpaired) electrons. The Morgan fingerprint density at radius 3 is 2.75 bits per heavy atom. The zero-order chi connectivity index (χ0) is 12.0. The van der Waals surface area contributed by atoms with Crippen LogP contribution in [-0.2, 0) is 4.79 Å². The molecule has 1 saturated carbocycles. The minimum atomic E-state index is 0.241. The number of nitrogens with one attached hydrogen (secondary N) is 1. The Morgan fingerprint density at radius 1 is 1.56 bits per heavy atom. The summed E-state index contributed by atoms with van der Waals surface area (Å²) in [5.74, 6) is 0.903. The number of nitrogens with zero attached hydrogens (tertiary/aromatic N) is 1. The second kappa shape index (κ2) is 6.69. The maximum atomic E-state index is 11.9. The molecular weight excluding hydrogens is 200 g/mol. The molecule has 1 aliphatic rings. The number of amides is 1. The maximum absolute atomic E-state index is 11.9. The Hall–Kier alpha value is -0.830. The van der Waals surface area contributed by atoms with Gasteiger partial charge in [-0.3, -0.25) is 4.79 Å². The summed E-state index contributed by atoms with van der Waals surface area (Å²) in [6.07, 6.45) is 5.25. The lowest BCUT2D eigenvalue weighted by molar-refractivity contribution is -0.130. The van der Waals surface area contributed by atoms with Gasteiger partial charge < -0.3 is 10.2 Å². The van der Waals surface area contributed by atoms with Gasteiger partial charge in [0, 0.05) is 19.1 Å². The highest BCUT2D eigenvalue weighted by Gasteiger charge is 2.31. The van der Waals surface area contributed by atoms with Gasteiger partial charge in [-0.15, -0.1) is 6.58 Å². The number of carbonyl (C=O) groups is 1. The van der Waals surface area contributed by atoms with Gasteiger partial charge in [0.15, 0.2) is 0 Å². The topological polar surface area (TPSA) is 32.3 Å². The van der Waals surface area contributed by atoms with E-state index in [0.29, 0.717) is 25.0 Å². The van der Waals surface area contributed by atoms with Crippen molar-refractivity contribution in [1.82, 2.24) is 10.2 Å². The number of hydrogen-bond acceptors (Lipinski definition) is 2. The normalized spacial score (nSPS) is 15.2. The van der Waals surface area contributed by atoms with Crippen LogP contribution < -0.4 is 5.32 Å². The van der Waals surface area contributed by atoms with Crippen LogP contribution in [0.25, 0.3) is 0 Å². The average Bonchev–Trinajstić information content (AvgIpc) is 3.02. The zero-order valence-corrected chi connectivity index (χ0v) is 10.5. The molecule has 0 atom stereocenters. The summed E-state index contributed by atoms with van der Waals surface area (Å²) in [5.41, 5.74) is 0. The number of hydrogen-bond donors (Lipinski definition) is 1. The lowest BCUT2D eigenvalue weighted by atomic mass is 10.1. The van der Waals surface area contributed by atoms with E-state index in [0.717, 1.165) is 13.0 Å². The Balaban J connectivity index is 2.30. The van der Waals surface area contributed by atoms with E-state index in [9.17, 15) is 4.79 Å². The van der Waals surface area contributed by atoms with Gasteiger partial charge in [0.1, 0.15) is 0 Å². The molecule has 0 unspecified atom stereocenters. The molecule has 16 heavy (non-hydrogen) atoms. The van der Waals surface area contributed by atoms with Crippen molar-refractivity contribution in [1.29, 1.82) is 0 Å². The Bertz CT molecular complexity index is 234. The van der Waals surface area contributed by atoms with Gasteiger partial charge in [-0.25, -0.2) is 0 Å². The lowest BCUT2D eigenvalue weighted by Crippen LogP contribution is -2.40. The van der Waals surface area contributed by atoms with E-state index in [1.165, 1.54) is 12.8 Å². The largest absolute Gasteiger partial charge is 0.339 e. The molecule has 0 spiro atoms. The second-order valence-corrected chi connectivity index (χ2v) is 4.92. The summed E-state index contributed by atoms with van der Waals surface area (Å²) in [7, 11) is 0. The first-order valence-corrected chi connectivity index (χ1v) is 6.26. The Morgan fingerprint density at radius 2 is 2.25 bits per heavy atom. The molecule has 1 amide bonds. The van der Waals surface area contributed by atoms with Crippen LogP contribution in [0.15, 0.2) is 12.7 Å². The predicted molar refractivity (Wildman–Crippen MR) is 67.3 cm³/mol. The van der Waals surface area contributed by atoms with Gasteiger partial charge in [0.2, 0.25) is 5.91 Å². The fourth-order valence-corrected chi connectivity index (χ4v) is 1.68. The van der Waals surface area contributed by atoms with Crippen molar-refractivity contribution in [3.05, 3.63) is 12.7 Å². The van der Waals surface area contributed by atoms with Gasteiger partial charge in [-0.1, -0.05) is 19.9 Å². The molecule has 0 saturated heterocycles. The van der Waals surface area contributed by atoms with Gasteiger partial charge in [0.25, 0.3) is 0 Å². The Kier molecular flexibility index (Phi) is 5.53. The standard InChI is InChI=1S/C13H24N2O/c1-4-8-14-10-13(16)15(12-5-6-12)9-7-11(2)3/h4,11-12,14H,1,5-10H2,2-3H3. The first-order valence-electron chi connectivity index (χ1n) is 6.26. The van der Waals surface area contributed by atoms with Crippen LogP contribution in [-0.4, -0.2) is 36.5 Å². The van der Waals surface area contributed by atoms with E-state index < -0.39 is 0 Å². The van der Waals surface area contributed by atoms with Crippen LogP contribution in [0.1, 0.15) is 33.1 Å². The third-order valence-electron chi connectivity index (χ3n) is 2.82. The highest BCUT2D eigenvalue weighted by atomic mass is 16.2. The van der Waals surface area contributed by atoms with Gasteiger partial charge in [-0.05, 0) is 25.2 Å². The van der Waals surface area contributed by atoms with E-state index in [2.05, 4.69) is 30.6 Å². The van der Waals surface area contributed by atoms with E-state index in [-0.39, 0.29) is 5.91 Å². The molecule has 1 rings (SSSR count). The maximum Gasteiger partial charge on any atom is 0.236 e. The van der Waals surface area contributed by atoms with Crippen LogP contribution in [0.5, 0.6) is 0 Å². The molecule has 0 aliphatic heterocycles. The van der Waals surface area contributed by atoms with Crippen LogP contribution in [0.3, 0.4) is 0 Å². The molecule has 0 heterocycles. The number of rotatable bonds is 8. The highest BCUT2D eigenvalue weighted by molar-refractivity contribution is 5.78. The first kappa shape index (κ1) is 13.2. The molecular formula is C13H24N2O. The molecule has 3 heteroatoms. The quantitative estimate of drug-likeness (QED) is 0.503. The van der Waals surface area contributed by atoms with Crippen molar-refractivity contribution in [3.8, 4) is 0 Å². The summed E-state index contributed by atoms with van der Waals surface area (Å²) in [6.45, 7) is 10.1. The predicted octanol–water partition coefficient (Wildman–Crippen LogP) is 1.80. The molecule has 0 aromatic carbocycles. The number of carbonyl (C=O) groups excluding carboxylic acids is 1. The average molecular weight is 224 g/mol. The summed E-state index contributed by atoms with van der Waals surface area (Å²) >= 11 is 0. The second-order valence-electron chi connectivity index (χ2n) is 4.92. The van der Waals surface area contributed by atoms with Crippen LogP contribution in [0, 0.1) is 5.92 Å². The van der Waals surface area contributed by atoms with Crippen molar-refractivity contribution in [2.24, 2.45) is 5.92 Å². The molecule has 92 valence electrons. The smallest absolute Gasteiger partial charge is 0.236 e. The lowest BCUT2D eigenvalue weighted by Gasteiger charge is -2.23. The summed E-state index contributed by atoms with van der Waals surface area (Å²) in [5, 5.41) is 3.08. The molecule has 1 N–H and O–H groups in total. The van der Waals surface area contributed by atoms with Crippen molar-refractivity contribution >= 4 is 5.91 Å². The summed E-state index contributed by atoms with van der Waals surface area (Å²) < 4.78 is 0. The van der Waals surface area contributed by atoms with Crippen molar-refractivity contribution in [2.45, 2.75) is 39.2 Å². The SMILES string of the molecule is C=CCNCC(=O)N(CCC(C)C)C1CC1. The molecule has 0 bridgehead atoms. The van der Waals surface area contributed by atoms with E-state index in [4.69, 9.17) is 0 Å². The van der Waals surface area contributed by atoms with Gasteiger partial charge in [-0.2, -0.15) is 0 Å². The monoisotopic (exact) mass is 224 g/mol. The molecule has 0 aromatic rings. The molecule has 1 fully saturated rings. The van der Waals surface area contributed by atoms with Crippen molar-refractivity contribution in [3.63, 3.8) is 0 Å². The highest BCUT2D eigenvalue weighted by Crippen LogP contribution is 2.27. The van der Waals surface area contributed by atoms with Crippen LogP contribution >= 0.6 is 0 Å². The van der Waals surface area contributed by atoms with Crippen LogP contribution in [0.2, 0.25) is 0 Å². The van der Waals surface area contributed by atoms with Gasteiger partial charge >= 0.3 is 0 Å². The fraction of sp³-hybridized carbons (Fsp3) is 0.769. The first-order chi connectivity index (χ1) is 7.65. The molecule has 1 aliphatic carbocycles. The van der Waals surface area contributed by atoms with Crippen molar-refractivity contribution < 1.29 is 4.79 Å². The summed E-state index contributed by atoms with van der Waals surface area (Å²) in [4.78, 5) is 14.0. The van der Waals surface area contributed by atoms with Crippen molar-refractivity contribution in [2.75, 3.05) is 19.6 Å². The third kappa shape index (κ3) is 4.79. The zero-order valence-electron chi connectivity index (χ0n) is 10.5. The fourth-order valence-electron chi connectivity index (χ4n) is 1.68. The third-order valence-corrected chi connectivity index (χ3v) is 2.82. The van der Waals surface area contributed by atoms with E-state index in [1.807, 2.05) is 0 Å². The minimum absolute atomic E-state index is 0.241. The van der Waals surface area contributed by atoms with Crippen LogP contribution in [0.4, 0.5) is 0 Å². The van der Waals surface area contributed by atoms with E-state index in [1.54, 1.807) is 6.08 Å². The Labute approximate surface area is 98.9 Å². The molecule has 0 aromatic heterocycles. The summed E-state index contributed by atoms with van der Waals surface area (Å²) in [6, 6.07) is 0.525.